The summed E-state index contributed by atoms with van der Waals surface area (Å²) in [6.07, 6.45) is 0.576. The molecule has 5 nitrogen and oxygen atoms in total. The van der Waals surface area contributed by atoms with Gasteiger partial charge in [0.1, 0.15) is 5.82 Å². The minimum Gasteiger partial charge on any atom is -0.378 e. The maximum Gasteiger partial charge on any atom is 0.212 e. The van der Waals surface area contributed by atoms with E-state index in [9.17, 15) is 4.39 Å². The number of rotatable bonds is 5. The van der Waals surface area contributed by atoms with Crippen LogP contribution in [-0.4, -0.2) is 42.1 Å². The highest BCUT2D eigenvalue weighted by Gasteiger charge is 2.16. The lowest BCUT2D eigenvalue weighted by molar-refractivity contribution is 0.0675. The maximum absolute atomic E-state index is 14.7. The van der Waals surface area contributed by atoms with E-state index in [4.69, 9.17) is 10.5 Å². The zero-order valence-electron chi connectivity index (χ0n) is 16.9. The number of ether oxygens (including phenoxy) is 1. The van der Waals surface area contributed by atoms with Crippen LogP contribution < -0.4 is 5.73 Å². The zero-order chi connectivity index (χ0) is 20.9. The van der Waals surface area contributed by atoms with E-state index >= 15 is 0 Å². The second kappa shape index (κ2) is 9.36. The van der Waals surface area contributed by atoms with Crippen LogP contribution in [0.4, 0.5) is 9.52 Å². The van der Waals surface area contributed by atoms with Gasteiger partial charge in [0, 0.05) is 24.4 Å². The number of nitrogens with zero attached hydrogens (tertiary/aromatic N) is 3. The molecule has 0 saturated carbocycles. The number of aromatic nitrogens is 1. The Balaban J connectivity index is 1.43. The third-order valence-corrected chi connectivity index (χ3v) is 6.00. The van der Waals surface area contributed by atoms with Gasteiger partial charge in [-0.15, -0.1) is 11.3 Å². The van der Waals surface area contributed by atoms with Crippen LogP contribution in [0, 0.1) is 5.82 Å². The molecule has 2 aromatic carbocycles. The molecular formula is C23H25FN4OS. The van der Waals surface area contributed by atoms with E-state index < -0.39 is 0 Å². The Hall–Kier alpha value is -2.77. The van der Waals surface area contributed by atoms with Crippen LogP contribution in [0.3, 0.4) is 0 Å². The first-order valence-electron chi connectivity index (χ1n) is 10.1. The second-order valence-electron chi connectivity index (χ2n) is 7.40. The van der Waals surface area contributed by atoms with Crippen LogP contribution in [-0.2, 0) is 11.2 Å². The summed E-state index contributed by atoms with van der Waals surface area (Å²) in [5, 5.41) is 2.60. The Labute approximate surface area is 180 Å². The van der Waals surface area contributed by atoms with Crippen LogP contribution in [0.25, 0.3) is 11.1 Å². The molecule has 1 aliphatic rings. The zero-order valence-corrected chi connectivity index (χ0v) is 17.7. The van der Waals surface area contributed by atoms with Gasteiger partial charge in [0.15, 0.2) is 5.96 Å². The summed E-state index contributed by atoms with van der Waals surface area (Å²) < 4.78 is 20.1. The van der Waals surface area contributed by atoms with Crippen LogP contribution in [0.5, 0.6) is 0 Å². The van der Waals surface area contributed by atoms with Crippen molar-refractivity contribution >= 4 is 22.4 Å². The van der Waals surface area contributed by atoms with Gasteiger partial charge >= 0.3 is 0 Å². The van der Waals surface area contributed by atoms with Gasteiger partial charge in [-0.3, -0.25) is 0 Å². The lowest BCUT2D eigenvalue weighted by Crippen LogP contribution is -2.44. The summed E-state index contributed by atoms with van der Waals surface area (Å²) in [7, 11) is 0. The molecule has 3 aromatic rings. The fraction of sp³-hybridized carbons (Fsp3) is 0.304. The van der Waals surface area contributed by atoms with Crippen molar-refractivity contribution in [2.45, 2.75) is 19.3 Å². The lowest BCUT2D eigenvalue weighted by Gasteiger charge is -2.27. The number of aliphatic imine (C=N–C) groups is 1. The van der Waals surface area contributed by atoms with Crippen molar-refractivity contribution < 1.29 is 9.13 Å². The molecule has 7 heteroatoms. The van der Waals surface area contributed by atoms with Gasteiger partial charge in [0.2, 0.25) is 5.13 Å². The lowest BCUT2D eigenvalue weighted by atomic mass is 9.96. The van der Waals surface area contributed by atoms with Gasteiger partial charge in [-0.2, -0.15) is 4.99 Å². The average Bonchev–Trinajstić information content (AvgIpc) is 3.25. The number of halogens is 1. The number of hydrogen-bond acceptors (Lipinski definition) is 4. The Bertz CT molecular complexity index is 1020. The van der Waals surface area contributed by atoms with Crippen LogP contribution in [0.1, 0.15) is 24.1 Å². The van der Waals surface area contributed by atoms with Crippen LogP contribution in [0.2, 0.25) is 0 Å². The molecule has 0 bridgehead atoms. The minimum atomic E-state index is -0.187. The fourth-order valence-corrected chi connectivity index (χ4v) is 4.29. The SMILES string of the molecule is CC(Cc1ccc(-c2ccccc2)cc1F)c1csc(/N=C(/N)N2CCOCC2)n1. The molecule has 0 radical (unpaired) electrons. The van der Waals surface area contributed by atoms with E-state index in [0.29, 0.717) is 36.3 Å². The van der Waals surface area contributed by atoms with E-state index in [1.54, 1.807) is 6.07 Å². The van der Waals surface area contributed by atoms with Crippen molar-refractivity contribution in [3.63, 3.8) is 0 Å². The largest absolute Gasteiger partial charge is 0.378 e. The number of hydrogen-bond donors (Lipinski definition) is 1. The molecule has 30 heavy (non-hydrogen) atoms. The van der Waals surface area contributed by atoms with Gasteiger partial charge < -0.3 is 15.4 Å². The quantitative estimate of drug-likeness (QED) is 0.481. The Kier molecular flexibility index (Phi) is 6.40. The van der Waals surface area contributed by atoms with Gasteiger partial charge in [0.25, 0.3) is 0 Å². The predicted octanol–water partition coefficient (Wildman–Crippen LogP) is 4.57. The molecule has 1 aliphatic heterocycles. The van der Waals surface area contributed by atoms with E-state index in [-0.39, 0.29) is 11.7 Å². The molecule has 1 aromatic heterocycles. The Morgan fingerprint density at radius 3 is 2.70 bits per heavy atom. The highest BCUT2D eigenvalue weighted by molar-refractivity contribution is 7.13. The highest BCUT2D eigenvalue weighted by atomic mass is 32.1. The summed E-state index contributed by atoms with van der Waals surface area (Å²) in [6.45, 7) is 4.85. The second-order valence-corrected chi connectivity index (χ2v) is 8.24. The first-order chi connectivity index (χ1) is 14.6. The number of guanidine groups is 1. The standard InChI is InChI=1S/C23H25FN4OS/c1-16(13-19-8-7-18(14-20(19)24)17-5-3-2-4-6-17)21-15-30-23(26-21)27-22(25)28-9-11-29-12-10-28/h2-8,14-16H,9-13H2,1H3,(H2,25,26,27). The van der Waals surface area contributed by atoms with E-state index in [1.807, 2.05) is 52.7 Å². The van der Waals surface area contributed by atoms with Crippen molar-refractivity contribution in [2.24, 2.45) is 10.7 Å². The monoisotopic (exact) mass is 424 g/mol. The van der Waals surface area contributed by atoms with Gasteiger partial charge in [-0.25, -0.2) is 9.37 Å². The van der Waals surface area contributed by atoms with Crippen LogP contribution in [0.15, 0.2) is 58.9 Å². The van der Waals surface area contributed by atoms with Crippen molar-refractivity contribution in [1.82, 2.24) is 9.88 Å². The molecule has 2 heterocycles. The first-order valence-corrected chi connectivity index (χ1v) is 10.9. The van der Waals surface area contributed by atoms with Gasteiger partial charge in [0.05, 0.1) is 18.9 Å². The van der Waals surface area contributed by atoms with Crippen molar-refractivity contribution in [3.8, 4) is 11.1 Å². The molecule has 0 aliphatic carbocycles. The molecule has 156 valence electrons. The predicted molar refractivity (Wildman–Crippen MR) is 120 cm³/mol. The van der Waals surface area contributed by atoms with Gasteiger partial charge in [-0.1, -0.05) is 49.4 Å². The molecule has 1 fully saturated rings. The third kappa shape index (κ3) is 4.86. The summed E-state index contributed by atoms with van der Waals surface area (Å²) in [4.78, 5) is 11.1. The van der Waals surface area contributed by atoms with Crippen molar-refractivity contribution in [1.29, 1.82) is 0 Å². The summed E-state index contributed by atoms with van der Waals surface area (Å²) in [6, 6.07) is 15.3. The van der Waals surface area contributed by atoms with Crippen molar-refractivity contribution in [3.05, 3.63) is 71.0 Å². The average molecular weight is 425 g/mol. The molecule has 2 N–H and O–H groups in total. The van der Waals surface area contributed by atoms with E-state index in [2.05, 4.69) is 16.9 Å². The number of benzene rings is 2. The molecule has 1 atom stereocenters. The molecule has 1 saturated heterocycles. The smallest absolute Gasteiger partial charge is 0.212 e. The molecule has 0 spiro atoms. The Morgan fingerprint density at radius 1 is 1.20 bits per heavy atom. The Morgan fingerprint density at radius 2 is 1.97 bits per heavy atom. The number of thiazole rings is 1. The van der Waals surface area contributed by atoms with Crippen molar-refractivity contribution in [2.75, 3.05) is 26.3 Å². The van der Waals surface area contributed by atoms with Gasteiger partial charge in [-0.05, 0) is 29.2 Å². The molecule has 4 rings (SSSR count). The number of nitrogens with two attached hydrogens (primary N) is 1. The summed E-state index contributed by atoms with van der Waals surface area (Å²) >= 11 is 1.45. The maximum atomic E-state index is 14.7. The molecule has 0 amide bonds. The highest BCUT2D eigenvalue weighted by Crippen LogP contribution is 2.29. The van der Waals surface area contributed by atoms with Crippen LogP contribution >= 0.6 is 11.3 Å². The fourth-order valence-electron chi connectivity index (χ4n) is 3.47. The summed E-state index contributed by atoms with van der Waals surface area (Å²) in [5.41, 5.74) is 9.59. The first kappa shape index (κ1) is 20.5. The number of morpholine rings is 1. The molecule has 1 unspecified atom stereocenters. The normalized spacial score (nSPS) is 15.9. The minimum absolute atomic E-state index is 0.0758. The third-order valence-electron chi connectivity index (χ3n) is 5.25. The molecular weight excluding hydrogens is 399 g/mol. The van der Waals surface area contributed by atoms with E-state index in [0.717, 1.165) is 29.9 Å². The van der Waals surface area contributed by atoms with E-state index in [1.165, 1.54) is 11.3 Å². The topological polar surface area (TPSA) is 63.7 Å². The summed E-state index contributed by atoms with van der Waals surface area (Å²) in [5.74, 6) is 0.356.